The van der Waals surface area contributed by atoms with Gasteiger partial charge in [0.15, 0.2) is 0 Å². The third-order valence-corrected chi connectivity index (χ3v) is 5.20. The maximum atomic E-state index is 10.9. The van der Waals surface area contributed by atoms with Gasteiger partial charge in [0.1, 0.15) is 0 Å². The molecule has 18 heavy (non-hydrogen) atoms. The van der Waals surface area contributed by atoms with E-state index in [0.717, 1.165) is 5.56 Å². The predicted molar refractivity (Wildman–Crippen MR) is 85.5 cm³/mol. The van der Waals surface area contributed by atoms with E-state index in [1.54, 1.807) is 23.5 Å². The summed E-state index contributed by atoms with van der Waals surface area (Å²) in [5.74, 6) is 0. The summed E-state index contributed by atoms with van der Waals surface area (Å²) in [5.41, 5.74) is 2.11. The molecule has 0 aliphatic rings. The molecule has 2 aromatic rings. The molecule has 0 radical (unpaired) electrons. The van der Waals surface area contributed by atoms with E-state index in [-0.39, 0.29) is 15.4 Å². The highest BCUT2D eigenvalue weighted by molar-refractivity contribution is 14.1. The first-order chi connectivity index (χ1) is 8.58. The maximum absolute atomic E-state index is 10.9. The van der Waals surface area contributed by atoms with E-state index >= 15 is 0 Å². The Morgan fingerprint density at radius 1 is 1.44 bits per heavy atom. The zero-order valence-corrected chi connectivity index (χ0v) is 13.7. The number of hydrogen-bond donors (Lipinski definition) is 0. The number of nitro benzene ring substituents is 1. The molecule has 0 aliphatic heterocycles. The fourth-order valence-corrected chi connectivity index (χ4v) is 3.87. The second-order valence-electron chi connectivity index (χ2n) is 3.74. The number of nitrogens with zero attached hydrogens (tertiary/aromatic N) is 1. The van der Waals surface area contributed by atoms with E-state index in [1.165, 1.54) is 8.45 Å². The van der Waals surface area contributed by atoms with Gasteiger partial charge in [-0.3, -0.25) is 10.1 Å². The van der Waals surface area contributed by atoms with Gasteiger partial charge in [-0.15, -0.1) is 11.3 Å². The van der Waals surface area contributed by atoms with Crippen LogP contribution in [-0.2, 0) is 6.42 Å². The van der Waals surface area contributed by atoms with Crippen molar-refractivity contribution in [1.82, 2.24) is 0 Å². The van der Waals surface area contributed by atoms with Crippen LogP contribution in [0.2, 0.25) is 0 Å². The van der Waals surface area contributed by atoms with E-state index in [1.807, 2.05) is 12.1 Å². The standard InChI is InChI=1S/C12H9BrINO2S/c13-10(9-6-12(14)18-7-9)5-8-3-1-2-4-11(8)15(16)17/h1-4,6-7,10H,5H2. The Bertz CT molecular complexity index is 573. The SMILES string of the molecule is O=[N+]([O-])c1ccccc1CC(Br)c1csc(I)c1. The van der Waals surface area contributed by atoms with Crippen LogP contribution in [0.15, 0.2) is 35.7 Å². The van der Waals surface area contributed by atoms with Crippen molar-refractivity contribution in [3.63, 3.8) is 0 Å². The first kappa shape index (κ1) is 14.0. The maximum Gasteiger partial charge on any atom is 0.272 e. The quantitative estimate of drug-likeness (QED) is 0.294. The summed E-state index contributed by atoms with van der Waals surface area (Å²) in [5, 5.41) is 13.0. The van der Waals surface area contributed by atoms with Crippen molar-refractivity contribution in [1.29, 1.82) is 0 Å². The molecule has 6 heteroatoms. The van der Waals surface area contributed by atoms with Crippen molar-refractivity contribution in [2.45, 2.75) is 11.2 Å². The minimum atomic E-state index is -0.327. The number of alkyl halides is 1. The Morgan fingerprint density at radius 2 is 2.17 bits per heavy atom. The molecule has 0 bridgehead atoms. The number of halogens is 2. The van der Waals surface area contributed by atoms with Gasteiger partial charge in [0.2, 0.25) is 0 Å². The Hall–Kier alpha value is -0.470. The van der Waals surface area contributed by atoms with E-state index in [2.05, 4.69) is 50.0 Å². The third kappa shape index (κ3) is 3.30. The summed E-state index contributed by atoms with van der Waals surface area (Å²) in [4.78, 5) is 10.7. The van der Waals surface area contributed by atoms with Crippen LogP contribution < -0.4 is 0 Å². The van der Waals surface area contributed by atoms with Crippen molar-refractivity contribution >= 4 is 55.5 Å². The average molecular weight is 438 g/mol. The fourth-order valence-electron chi connectivity index (χ4n) is 1.66. The number of para-hydroxylation sites is 1. The van der Waals surface area contributed by atoms with Gasteiger partial charge >= 0.3 is 0 Å². The summed E-state index contributed by atoms with van der Waals surface area (Å²) in [7, 11) is 0. The van der Waals surface area contributed by atoms with Crippen LogP contribution in [0.4, 0.5) is 5.69 Å². The number of benzene rings is 1. The monoisotopic (exact) mass is 437 g/mol. The number of rotatable bonds is 4. The van der Waals surface area contributed by atoms with Crippen LogP contribution in [-0.4, -0.2) is 4.92 Å². The lowest BCUT2D eigenvalue weighted by Crippen LogP contribution is -1.99. The second kappa shape index (κ2) is 6.12. The van der Waals surface area contributed by atoms with Crippen LogP contribution in [0.5, 0.6) is 0 Å². The predicted octanol–water partition coefficient (Wildman–Crippen LogP) is 4.94. The van der Waals surface area contributed by atoms with Crippen LogP contribution in [0.1, 0.15) is 16.0 Å². The highest BCUT2D eigenvalue weighted by atomic mass is 127. The van der Waals surface area contributed by atoms with Crippen molar-refractivity contribution in [3.8, 4) is 0 Å². The van der Waals surface area contributed by atoms with E-state index in [4.69, 9.17) is 0 Å². The van der Waals surface area contributed by atoms with Crippen LogP contribution in [0.25, 0.3) is 0 Å². The lowest BCUT2D eigenvalue weighted by molar-refractivity contribution is -0.385. The Kier molecular flexibility index (Phi) is 4.74. The van der Waals surface area contributed by atoms with Gasteiger partial charge in [0.25, 0.3) is 5.69 Å². The summed E-state index contributed by atoms with van der Waals surface area (Å²) in [6.45, 7) is 0. The molecule has 0 spiro atoms. The molecule has 0 aliphatic carbocycles. The van der Waals surface area contributed by atoms with Gasteiger partial charge in [-0.1, -0.05) is 34.1 Å². The summed E-state index contributed by atoms with van der Waals surface area (Å²) >= 11 is 7.55. The molecule has 0 fully saturated rings. The average Bonchev–Trinajstić information content (AvgIpc) is 2.76. The van der Waals surface area contributed by atoms with Gasteiger partial charge in [-0.25, -0.2) is 0 Å². The first-order valence-corrected chi connectivity index (χ1v) is 8.05. The normalized spacial score (nSPS) is 12.3. The molecular weight excluding hydrogens is 429 g/mol. The minimum Gasteiger partial charge on any atom is -0.258 e. The molecule has 1 unspecified atom stereocenters. The summed E-state index contributed by atoms with van der Waals surface area (Å²) < 4.78 is 1.22. The van der Waals surface area contributed by atoms with Gasteiger partial charge in [-0.05, 0) is 46.0 Å². The molecule has 94 valence electrons. The van der Waals surface area contributed by atoms with E-state index < -0.39 is 0 Å². The van der Waals surface area contributed by atoms with Gasteiger partial charge < -0.3 is 0 Å². The molecule has 1 aromatic heterocycles. The molecule has 1 aromatic carbocycles. The number of hydrogen-bond acceptors (Lipinski definition) is 3. The first-order valence-electron chi connectivity index (χ1n) is 5.18. The molecule has 3 nitrogen and oxygen atoms in total. The molecule has 1 heterocycles. The fraction of sp³-hybridized carbons (Fsp3) is 0.167. The van der Waals surface area contributed by atoms with Gasteiger partial charge in [0.05, 0.1) is 7.81 Å². The lowest BCUT2D eigenvalue weighted by Gasteiger charge is -2.08. The van der Waals surface area contributed by atoms with Crippen LogP contribution in [0, 0.1) is 13.0 Å². The van der Waals surface area contributed by atoms with Gasteiger partial charge in [-0.2, -0.15) is 0 Å². The van der Waals surface area contributed by atoms with Crippen molar-refractivity contribution in [2.75, 3.05) is 0 Å². The Labute approximate surface area is 131 Å². The Balaban J connectivity index is 2.21. The zero-order valence-electron chi connectivity index (χ0n) is 9.18. The third-order valence-electron chi connectivity index (χ3n) is 2.54. The molecule has 0 amide bonds. The zero-order chi connectivity index (χ0) is 13.1. The topological polar surface area (TPSA) is 43.1 Å². The van der Waals surface area contributed by atoms with E-state index in [0.29, 0.717) is 6.42 Å². The molecule has 1 atom stereocenters. The Morgan fingerprint density at radius 3 is 2.78 bits per heavy atom. The van der Waals surface area contributed by atoms with Gasteiger partial charge in [0, 0.05) is 16.5 Å². The summed E-state index contributed by atoms with van der Waals surface area (Å²) in [6.07, 6.45) is 0.615. The molecule has 0 saturated heterocycles. The molecule has 2 rings (SSSR count). The van der Waals surface area contributed by atoms with Crippen molar-refractivity contribution in [3.05, 3.63) is 59.8 Å². The largest absolute Gasteiger partial charge is 0.272 e. The second-order valence-corrected chi connectivity index (χ2v) is 7.65. The minimum absolute atomic E-state index is 0.110. The number of nitro groups is 1. The van der Waals surface area contributed by atoms with Crippen molar-refractivity contribution in [2.24, 2.45) is 0 Å². The highest BCUT2D eigenvalue weighted by Crippen LogP contribution is 2.33. The van der Waals surface area contributed by atoms with E-state index in [9.17, 15) is 10.1 Å². The molecule has 0 saturated carbocycles. The lowest BCUT2D eigenvalue weighted by atomic mass is 10.0. The van der Waals surface area contributed by atoms with Crippen LogP contribution >= 0.6 is 49.9 Å². The highest BCUT2D eigenvalue weighted by Gasteiger charge is 2.17. The van der Waals surface area contributed by atoms with Crippen molar-refractivity contribution < 1.29 is 4.92 Å². The molecular formula is C12H9BrINO2S. The smallest absolute Gasteiger partial charge is 0.258 e. The number of thiophene rings is 1. The summed E-state index contributed by atoms with van der Waals surface area (Å²) in [6, 6.07) is 8.98. The van der Waals surface area contributed by atoms with Crippen LogP contribution in [0.3, 0.4) is 0 Å². The molecule has 0 N–H and O–H groups in total.